The van der Waals surface area contributed by atoms with Crippen LogP contribution in [0.3, 0.4) is 0 Å². The molecule has 0 aromatic carbocycles. The van der Waals surface area contributed by atoms with E-state index in [2.05, 4.69) is 15.5 Å². The van der Waals surface area contributed by atoms with Gasteiger partial charge >= 0.3 is 0 Å². The normalized spacial score (nSPS) is 13.6. The quantitative estimate of drug-likeness (QED) is 0.675. The van der Waals surface area contributed by atoms with E-state index < -0.39 is 6.04 Å². The molecule has 84 valence electrons. The molecule has 0 saturated carbocycles. The largest absolute Gasteiger partial charge is 0.349 e. The number of nitrogens with one attached hydrogen (secondary N) is 2. The van der Waals surface area contributed by atoms with Gasteiger partial charge in [-0.05, 0) is 11.5 Å². The highest BCUT2D eigenvalue weighted by Gasteiger charge is 2.27. The maximum absolute atomic E-state index is 11.6. The second kappa shape index (κ2) is 4.44. The summed E-state index contributed by atoms with van der Waals surface area (Å²) in [5, 5.41) is 9.31. The Labute approximate surface area is 89.4 Å². The minimum absolute atomic E-state index is 0.142. The summed E-state index contributed by atoms with van der Waals surface area (Å²) in [6.45, 7) is 6.25. The molecule has 1 amide bonds. The molecule has 0 aliphatic rings. The number of carbonyl (C=O) groups is 1. The summed E-state index contributed by atoms with van der Waals surface area (Å²) in [5.41, 5.74) is 6.44. The average molecular weight is 210 g/mol. The van der Waals surface area contributed by atoms with Crippen molar-refractivity contribution in [1.82, 2.24) is 15.5 Å². The van der Waals surface area contributed by atoms with Crippen molar-refractivity contribution in [2.75, 3.05) is 0 Å². The molecule has 1 unspecified atom stereocenters. The maximum Gasteiger partial charge on any atom is 0.237 e. The predicted molar refractivity (Wildman–Crippen MR) is 57.9 cm³/mol. The van der Waals surface area contributed by atoms with Crippen LogP contribution in [0.5, 0.6) is 0 Å². The second-order valence-electron chi connectivity index (χ2n) is 4.64. The number of aromatic amines is 1. The Bertz CT molecular complexity index is 313. The number of nitrogens with two attached hydrogens (primary N) is 1. The van der Waals surface area contributed by atoms with Crippen molar-refractivity contribution in [2.24, 2.45) is 11.1 Å². The van der Waals surface area contributed by atoms with Gasteiger partial charge in [0.25, 0.3) is 0 Å². The first-order valence-corrected chi connectivity index (χ1v) is 4.93. The Hall–Kier alpha value is -1.36. The van der Waals surface area contributed by atoms with Gasteiger partial charge in [-0.15, -0.1) is 0 Å². The molecular weight excluding hydrogens is 192 g/mol. The Kier molecular flexibility index (Phi) is 3.47. The fraction of sp³-hybridized carbons (Fsp3) is 0.600. The van der Waals surface area contributed by atoms with Crippen molar-refractivity contribution in [2.45, 2.75) is 33.4 Å². The van der Waals surface area contributed by atoms with Crippen LogP contribution in [0.1, 0.15) is 26.5 Å². The lowest BCUT2D eigenvalue weighted by atomic mass is 9.87. The predicted octanol–water partition coefficient (Wildman–Crippen LogP) is 0.399. The number of rotatable bonds is 3. The minimum Gasteiger partial charge on any atom is -0.349 e. The Balaban J connectivity index is 2.43. The topological polar surface area (TPSA) is 83.8 Å². The van der Waals surface area contributed by atoms with Gasteiger partial charge in [0.1, 0.15) is 0 Å². The highest BCUT2D eigenvalue weighted by atomic mass is 16.2. The molecule has 0 spiro atoms. The second-order valence-corrected chi connectivity index (χ2v) is 4.64. The summed E-state index contributed by atoms with van der Waals surface area (Å²) in [7, 11) is 0. The number of aromatic nitrogens is 2. The molecule has 0 saturated heterocycles. The summed E-state index contributed by atoms with van der Waals surface area (Å²) < 4.78 is 0. The van der Waals surface area contributed by atoms with Crippen LogP contribution >= 0.6 is 0 Å². The van der Waals surface area contributed by atoms with Crippen LogP contribution in [0, 0.1) is 5.41 Å². The molecule has 0 aliphatic heterocycles. The average Bonchev–Trinajstić information content (AvgIpc) is 2.63. The molecule has 0 radical (unpaired) electrons. The first-order chi connectivity index (χ1) is 6.91. The van der Waals surface area contributed by atoms with Gasteiger partial charge < -0.3 is 11.1 Å². The summed E-state index contributed by atoms with van der Waals surface area (Å²) in [4.78, 5) is 11.6. The third kappa shape index (κ3) is 3.36. The lowest BCUT2D eigenvalue weighted by Crippen LogP contribution is -2.48. The highest BCUT2D eigenvalue weighted by Crippen LogP contribution is 2.17. The van der Waals surface area contributed by atoms with Crippen molar-refractivity contribution in [3.8, 4) is 0 Å². The SMILES string of the molecule is CC(C)(C)C(N)C(=O)NCc1ccn[nH]1. The molecular formula is C10H18N4O. The lowest BCUT2D eigenvalue weighted by molar-refractivity contribution is -0.124. The molecule has 1 rings (SSSR count). The van der Waals surface area contributed by atoms with E-state index in [9.17, 15) is 4.79 Å². The maximum atomic E-state index is 11.6. The molecule has 1 heterocycles. The third-order valence-electron chi connectivity index (χ3n) is 2.23. The summed E-state index contributed by atoms with van der Waals surface area (Å²) in [6.07, 6.45) is 1.64. The molecule has 1 aromatic heterocycles. The van der Waals surface area contributed by atoms with Gasteiger partial charge in [0, 0.05) is 6.20 Å². The van der Waals surface area contributed by atoms with Crippen LogP contribution in [-0.2, 0) is 11.3 Å². The van der Waals surface area contributed by atoms with Crippen molar-refractivity contribution in [3.05, 3.63) is 18.0 Å². The summed E-state index contributed by atoms with van der Waals surface area (Å²) in [5.74, 6) is -0.142. The van der Waals surface area contributed by atoms with Crippen molar-refractivity contribution >= 4 is 5.91 Å². The van der Waals surface area contributed by atoms with E-state index in [1.54, 1.807) is 6.20 Å². The number of H-pyrrole nitrogens is 1. The van der Waals surface area contributed by atoms with Crippen LogP contribution in [0.2, 0.25) is 0 Å². The molecule has 4 N–H and O–H groups in total. The summed E-state index contributed by atoms with van der Waals surface area (Å²) in [6, 6.07) is 1.31. The zero-order valence-corrected chi connectivity index (χ0v) is 9.37. The number of hydrogen-bond acceptors (Lipinski definition) is 3. The van der Waals surface area contributed by atoms with E-state index in [0.717, 1.165) is 5.69 Å². The van der Waals surface area contributed by atoms with Crippen molar-refractivity contribution < 1.29 is 4.79 Å². The van der Waals surface area contributed by atoms with Crippen LogP contribution in [0.4, 0.5) is 0 Å². The fourth-order valence-corrected chi connectivity index (χ4v) is 1.07. The van der Waals surface area contributed by atoms with Crippen LogP contribution in [0.25, 0.3) is 0 Å². The van der Waals surface area contributed by atoms with Gasteiger partial charge in [-0.25, -0.2) is 0 Å². The smallest absolute Gasteiger partial charge is 0.237 e. The fourth-order valence-electron chi connectivity index (χ4n) is 1.07. The van der Waals surface area contributed by atoms with Gasteiger partial charge in [0.05, 0.1) is 18.3 Å². The highest BCUT2D eigenvalue weighted by molar-refractivity contribution is 5.82. The molecule has 5 heteroatoms. The Morgan fingerprint density at radius 1 is 1.67 bits per heavy atom. The van der Waals surface area contributed by atoms with E-state index in [1.807, 2.05) is 26.8 Å². The van der Waals surface area contributed by atoms with Gasteiger partial charge in [-0.1, -0.05) is 20.8 Å². The molecule has 5 nitrogen and oxygen atoms in total. The monoisotopic (exact) mass is 210 g/mol. The Morgan fingerprint density at radius 3 is 2.80 bits per heavy atom. The van der Waals surface area contributed by atoms with Crippen LogP contribution in [0.15, 0.2) is 12.3 Å². The third-order valence-corrected chi connectivity index (χ3v) is 2.23. The molecule has 1 atom stereocenters. The molecule has 0 fully saturated rings. The summed E-state index contributed by atoms with van der Waals surface area (Å²) >= 11 is 0. The molecule has 0 bridgehead atoms. The molecule has 1 aromatic rings. The number of nitrogens with zero attached hydrogens (tertiary/aromatic N) is 1. The van der Waals surface area contributed by atoms with Gasteiger partial charge in [-0.2, -0.15) is 5.10 Å². The van der Waals surface area contributed by atoms with E-state index in [0.29, 0.717) is 6.54 Å². The number of carbonyl (C=O) groups excluding carboxylic acids is 1. The van der Waals surface area contributed by atoms with E-state index in [4.69, 9.17) is 5.73 Å². The van der Waals surface area contributed by atoms with E-state index in [1.165, 1.54) is 0 Å². The van der Waals surface area contributed by atoms with E-state index in [-0.39, 0.29) is 11.3 Å². The van der Waals surface area contributed by atoms with Crippen LogP contribution < -0.4 is 11.1 Å². The van der Waals surface area contributed by atoms with Crippen molar-refractivity contribution in [3.63, 3.8) is 0 Å². The first kappa shape index (κ1) is 11.7. The molecule has 0 aliphatic carbocycles. The first-order valence-electron chi connectivity index (χ1n) is 4.93. The van der Waals surface area contributed by atoms with Gasteiger partial charge in [0.2, 0.25) is 5.91 Å². The standard InChI is InChI=1S/C10H18N4O/c1-10(2,3)8(11)9(15)12-6-7-4-5-13-14-7/h4-5,8H,6,11H2,1-3H3,(H,12,15)(H,13,14). The zero-order valence-electron chi connectivity index (χ0n) is 9.37. The number of hydrogen-bond donors (Lipinski definition) is 3. The number of amides is 1. The minimum atomic E-state index is -0.500. The zero-order chi connectivity index (χ0) is 11.5. The van der Waals surface area contributed by atoms with Gasteiger partial charge in [0.15, 0.2) is 0 Å². The lowest BCUT2D eigenvalue weighted by Gasteiger charge is -2.25. The van der Waals surface area contributed by atoms with Gasteiger partial charge in [-0.3, -0.25) is 9.89 Å². The van der Waals surface area contributed by atoms with Crippen molar-refractivity contribution in [1.29, 1.82) is 0 Å². The van der Waals surface area contributed by atoms with E-state index >= 15 is 0 Å². The molecule has 15 heavy (non-hydrogen) atoms. The van der Waals surface area contributed by atoms with Crippen LogP contribution in [-0.4, -0.2) is 22.1 Å². The Morgan fingerprint density at radius 2 is 2.33 bits per heavy atom.